The van der Waals surface area contributed by atoms with Crippen molar-refractivity contribution in [3.8, 4) is 0 Å². The van der Waals surface area contributed by atoms with Crippen molar-refractivity contribution in [1.82, 2.24) is 10.6 Å². The zero-order chi connectivity index (χ0) is 10.1. The topological polar surface area (TPSA) is 91.0 Å². The molecule has 0 amide bonds. The fourth-order valence-electron chi connectivity index (χ4n) is 0.993. The van der Waals surface area contributed by atoms with Crippen molar-refractivity contribution in [2.75, 3.05) is 13.6 Å². The van der Waals surface area contributed by atoms with Gasteiger partial charge in [-0.25, -0.2) is 0 Å². The Morgan fingerprint density at radius 2 is 2.31 bits per heavy atom. The van der Waals surface area contributed by atoms with E-state index >= 15 is 0 Å². The van der Waals surface area contributed by atoms with Gasteiger partial charge < -0.3 is 21.2 Å². The van der Waals surface area contributed by atoms with Crippen LogP contribution in [-0.2, 0) is 4.79 Å². The van der Waals surface area contributed by atoms with Gasteiger partial charge in [-0.2, -0.15) is 0 Å². The Morgan fingerprint density at radius 1 is 1.62 bits per heavy atom. The lowest BCUT2D eigenvalue weighted by molar-refractivity contribution is -0.109. The average molecular weight is 186 g/mol. The van der Waals surface area contributed by atoms with Crippen molar-refractivity contribution in [3.05, 3.63) is 0 Å². The van der Waals surface area contributed by atoms with Crippen LogP contribution in [0.3, 0.4) is 0 Å². The van der Waals surface area contributed by atoms with Crippen LogP contribution in [0.2, 0.25) is 0 Å². The van der Waals surface area contributed by atoms with Gasteiger partial charge in [0.1, 0.15) is 6.29 Å². The lowest BCUT2D eigenvalue weighted by Gasteiger charge is -2.08. The highest BCUT2D eigenvalue weighted by atomic mass is 16.1. The average Bonchev–Trinajstić information content (AvgIpc) is 2.11. The van der Waals surface area contributed by atoms with E-state index in [1.54, 1.807) is 7.05 Å². The first kappa shape index (κ1) is 11.9. The molecule has 5 nitrogen and oxygen atoms in total. The third kappa shape index (κ3) is 7.27. The van der Waals surface area contributed by atoms with E-state index < -0.39 is 0 Å². The molecule has 0 saturated carbocycles. The van der Waals surface area contributed by atoms with E-state index in [2.05, 4.69) is 10.6 Å². The van der Waals surface area contributed by atoms with E-state index in [1.807, 2.05) is 0 Å². The Kier molecular flexibility index (Phi) is 6.91. The van der Waals surface area contributed by atoms with Gasteiger partial charge in [0, 0.05) is 6.54 Å². The maximum Gasteiger partial charge on any atom is 0.185 e. The number of hydrogen-bond acceptors (Lipinski definition) is 3. The van der Waals surface area contributed by atoms with Crippen LogP contribution in [0.15, 0.2) is 0 Å². The number of aldehydes is 1. The van der Waals surface area contributed by atoms with Crippen LogP contribution in [0, 0.1) is 5.41 Å². The summed E-state index contributed by atoms with van der Waals surface area (Å²) >= 11 is 0. The van der Waals surface area contributed by atoms with Gasteiger partial charge in [-0.15, -0.1) is 0 Å². The number of hydrogen-bond donors (Lipinski definition) is 4. The van der Waals surface area contributed by atoms with Gasteiger partial charge in [-0.05, 0) is 26.3 Å². The van der Waals surface area contributed by atoms with Crippen molar-refractivity contribution in [3.63, 3.8) is 0 Å². The fraction of sp³-hybridized carbons (Fsp3) is 0.750. The first-order chi connectivity index (χ1) is 6.20. The number of rotatable bonds is 7. The summed E-state index contributed by atoms with van der Waals surface area (Å²) in [6, 6.07) is -0.0441. The van der Waals surface area contributed by atoms with Gasteiger partial charge >= 0.3 is 0 Å². The van der Waals surface area contributed by atoms with Crippen LogP contribution in [0.5, 0.6) is 0 Å². The van der Waals surface area contributed by atoms with E-state index in [0.29, 0.717) is 6.54 Å². The largest absolute Gasteiger partial charge is 0.370 e. The third-order valence-corrected chi connectivity index (χ3v) is 1.79. The van der Waals surface area contributed by atoms with Crippen LogP contribution in [-0.4, -0.2) is 31.9 Å². The summed E-state index contributed by atoms with van der Waals surface area (Å²) in [5, 5.41) is 12.5. The van der Waals surface area contributed by atoms with Crippen LogP contribution < -0.4 is 16.4 Å². The second-order valence-electron chi connectivity index (χ2n) is 2.87. The molecule has 1 atom stereocenters. The van der Waals surface area contributed by atoms with E-state index in [1.165, 1.54) is 0 Å². The summed E-state index contributed by atoms with van der Waals surface area (Å²) < 4.78 is 0. The summed E-state index contributed by atoms with van der Waals surface area (Å²) in [7, 11) is 1.77. The molecule has 0 radical (unpaired) electrons. The van der Waals surface area contributed by atoms with E-state index in [4.69, 9.17) is 11.1 Å². The number of nitrogens with one attached hydrogen (secondary N) is 3. The van der Waals surface area contributed by atoms with Crippen molar-refractivity contribution in [1.29, 1.82) is 5.41 Å². The molecular formula is C8H18N4O. The Balaban J connectivity index is 3.24. The molecule has 0 aliphatic rings. The van der Waals surface area contributed by atoms with E-state index in [0.717, 1.165) is 25.5 Å². The number of nitrogens with two attached hydrogens (primary N) is 1. The Hall–Kier alpha value is -1.10. The molecule has 0 aromatic heterocycles. The van der Waals surface area contributed by atoms with Gasteiger partial charge in [-0.3, -0.25) is 5.41 Å². The predicted molar refractivity (Wildman–Crippen MR) is 52.7 cm³/mol. The zero-order valence-corrected chi connectivity index (χ0v) is 7.97. The summed E-state index contributed by atoms with van der Waals surface area (Å²) in [6.45, 7) is 0.699. The van der Waals surface area contributed by atoms with Gasteiger partial charge in [0.05, 0.1) is 6.04 Å². The molecule has 0 saturated heterocycles. The van der Waals surface area contributed by atoms with Gasteiger partial charge in [0.25, 0.3) is 0 Å². The molecule has 0 rings (SSSR count). The molecule has 5 N–H and O–H groups in total. The zero-order valence-electron chi connectivity index (χ0n) is 7.97. The smallest absolute Gasteiger partial charge is 0.185 e. The SMILES string of the molecule is CN[C@H](C=O)CCCCNC(=N)N. The molecule has 0 aliphatic heterocycles. The molecule has 13 heavy (non-hydrogen) atoms. The lowest BCUT2D eigenvalue weighted by Crippen LogP contribution is -2.31. The highest BCUT2D eigenvalue weighted by Crippen LogP contribution is 1.97. The maximum absolute atomic E-state index is 10.4. The second-order valence-corrected chi connectivity index (χ2v) is 2.87. The minimum Gasteiger partial charge on any atom is -0.370 e. The Labute approximate surface area is 78.6 Å². The van der Waals surface area contributed by atoms with Crippen LogP contribution in [0.1, 0.15) is 19.3 Å². The van der Waals surface area contributed by atoms with Gasteiger partial charge in [0.15, 0.2) is 5.96 Å². The van der Waals surface area contributed by atoms with Crippen LogP contribution >= 0.6 is 0 Å². The van der Waals surface area contributed by atoms with Crippen molar-refractivity contribution in [2.24, 2.45) is 5.73 Å². The van der Waals surface area contributed by atoms with E-state index in [-0.39, 0.29) is 12.0 Å². The molecule has 76 valence electrons. The summed E-state index contributed by atoms with van der Waals surface area (Å²) in [5.41, 5.74) is 5.09. The molecule has 0 spiro atoms. The molecule has 5 heteroatoms. The second kappa shape index (κ2) is 7.54. The number of carbonyl (C=O) groups is 1. The number of carbonyl (C=O) groups excluding carboxylic acids is 1. The molecule has 0 heterocycles. The first-order valence-electron chi connectivity index (χ1n) is 4.41. The monoisotopic (exact) mass is 186 g/mol. The quantitative estimate of drug-likeness (QED) is 0.185. The van der Waals surface area contributed by atoms with Crippen molar-refractivity contribution < 1.29 is 4.79 Å². The predicted octanol–water partition coefficient (Wildman–Crippen LogP) is -0.573. The lowest BCUT2D eigenvalue weighted by atomic mass is 10.1. The number of guanidine groups is 1. The van der Waals surface area contributed by atoms with Gasteiger partial charge in [0.2, 0.25) is 0 Å². The van der Waals surface area contributed by atoms with Crippen molar-refractivity contribution >= 4 is 12.2 Å². The number of likely N-dealkylation sites (N-methyl/N-ethyl adjacent to an activating group) is 1. The minimum atomic E-state index is -0.0441. The normalized spacial score (nSPS) is 12.1. The maximum atomic E-state index is 10.4. The molecule has 0 unspecified atom stereocenters. The highest BCUT2D eigenvalue weighted by molar-refractivity contribution is 5.74. The Morgan fingerprint density at radius 3 is 2.77 bits per heavy atom. The standard InChI is InChI=1S/C8H18N4O/c1-11-7(6-13)4-2-3-5-12-8(9)10/h6-7,11H,2-5H2,1H3,(H4,9,10,12)/t7-/m0/s1. The minimum absolute atomic E-state index is 0.000513. The first-order valence-corrected chi connectivity index (χ1v) is 4.41. The third-order valence-electron chi connectivity index (χ3n) is 1.79. The molecule has 0 aromatic rings. The number of unbranched alkanes of at least 4 members (excludes halogenated alkanes) is 1. The molecule has 0 aliphatic carbocycles. The van der Waals surface area contributed by atoms with Gasteiger partial charge in [-0.1, -0.05) is 0 Å². The molecular weight excluding hydrogens is 168 g/mol. The van der Waals surface area contributed by atoms with Crippen molar-refractivity contribution in [2.45, 2.75) is 25.3 Å². The summed E-state index contributed by atoms with van der Waals surface area (Å²) in [6.07, 6.45) is 3.62. The summed E-state index contributed by atoms with van der Waals surface area (Å²) in [4.78, 5) is 10.4. The fourth-order valence-corrected chi connectivity index (χ4v) is 0.993. The van der Waals surface area contributed by atoms with Crippen LogP contribution in [0.25, 0.3) is 0 Å². The van der Waals surface area contributed by atoms with E-state index in [9.17, 15) is 4.79 Å². The van der Waals surface area contributed by atoms with Crippen LogP contribution in [0.4, 0.5) is 0 Å². The Bertz CT molecular complexity index is 160. The summed E-state index contributed by atoms with van der Waals surface area (Å²) in [5.74, 6) is 0.000513. The molecule has 0 fully saturated rings. The highest BCUT2D eigenvalue weighted by Gasteiger charge is 2.01. The molecule has 0 bridgehead atoms. The molecule has 0 aromatic carbocycles.